The molecule has 0 fully saturated rings. The fraction of sp³-hybridized carbons (Fsp3) is 0.750. The maximum Gasteiger partial charge on any atom is 0.363 e. The SMILES string of the molecule is [2H]C(=O)C(F)(F)C(C)(F)F. The largest absolute Gasteiger partial charge is 0.363 e. The van der Waals surface area contributed by atoms with Crippen molar-refractivity contribution in [3.05, 3.63) is 0 Å². The Labute approximate surface area is 50.1 Å². The number of aldehydes is 1. The zero-order chi connectivity index (χ0) is 8.58. The van der Waals surface area contributed by atoms with Crippen LogP contribution in [0.5, 0.6) is 0 Å². The molecule has 0 amide bonds. The summed E-state index contributed by atoms with van der Waals surface area (Å²) in [4.78, 5) is 9.55. The van der Waals surface area contributed by atoms with Gasteiger partial charge >= 0.3 is 11.8 Å². The van der Waals surface area contributed by atoms with E-state index in [1.807, 2.05) is 0 Å². The second-order valence-electron chi connectivity index (χ2n) is 1.56. The smallest absolute Gasteiger partial charge is 0.296 e. The highest BCUT2D eigenvalue weighted by Crippen LogP contribution is 2.31. The predicted octanol–water partition coefficient (Wildman–Crippen LogP) is 1.48. The molecule has 0 saturated carbocycles. The van der Waals surface area contributed by atoms with E-state index in [4.69, 9.17) is 1.37 Å². The Hall–Kier alpha value is -0.610. The second-order valence-corrected chi connectivity index (χ2v) is 1.56. The summed E-state index contributed by atoms with van der Waals surface area (Å²) in [5.74, 6) is -9.32. The van der Waals surface area contributed by atoms with Crippen molar-refractivity contribution in [1.29, 1.82) is 0 Å². The lowest BCUT2D eigenvalue weighted by atomic mass is 10.2. The van der Waals surface area contributed by atoms with Crippen molar-refractivity contribution in [2.24, 2.45) is 0 Å². The van der Waals surface area contributed by atoms with Crippen LogP contribution in [0.1, 0.15) is 8.29 Å². The van der Waals surface area contributed by atoms with Crippen LogP contribution in [0.15, 0.2) is 0 Å². The molecule has 0 aromatic carbocycles. The zero-order valence-electron chi connectivity index (χ0n) is 5.42. The Kier molecular flexibility index (Phi) is 1.42. The highest BCUT2D eigenvalue weighted by molar-refractivity contribution is 5.61. The van der Waals surface area contributed by atoms with E-state index in [1.54, 1.807) is 0 Å². The molecule has 9 heavy (non-hydrogen) atoms. The Morgan fingerprint density at radius 3 is 1.78 bits per heavy atom. The number of rotatable bonds is 2. The molecule has 0 spiro atoms. The quantitative estimate of drug-likeness (QED) is 0.424. The summed E-state index contributed by atoms with van der Waals surface area (Å²) in [5, 5.41) is 0. The van der Waals surface area contributed by atoms with Crippen molar-refractivity contribution in [3.8, 4) is 0 Å². The zero-order valence-corrected chi connectivity index (χ0v) is 4.42. The third kappa shape index (κ3) is 1.65. The van der Waals surface area contributed by atoms with Gasteiger partial charge in [0.15, 0.2) is 6.26 Å². The highest BCUT2D eigenvalue weighted by atomic mass is 19.3. The van der Waals surface area contributed by atoms with Gasteiger partial charge in [-0.05, 0) is 0 Å². The topological polar surface area (TPSA) is 17.1 Å². The van der Waals surface area contributed by atoms with E-state index in [-0.39, 0.29) is 6.92 Å². The molecule has 0 atom stereocenters. The number of carbonyl (C=O) groups is 1. The first kappa shape index (κ1) is 6.51. The third-order valence-corrected chi connectivity index (χ3v) is 0.680. The summed E-state index contributed by atoms with van der Waals surface area (Å²) < 4.78 is 52.6. The third-order valence-electron chi connectivity index (χ3n) is 0.680. The van der Waals surface area contributed by atoms with Crippen LogP contribution in [0.4, 0.5) is 17.6 Å². The summed E-state index contributed by atoms with van der Waals surface area (Å²) >= 11 is 0. The first-order chi connectivity index (χ1) is 4.19. The van der Waals surface area contributed by atoms with Crippen molar-refractivity contribution in [2.75, 3.05) is 0 Å². The van der Waals surface area contributed by atoms with Gasteiger partial charge < -0.3 is 0 Å². The monoisotopic (exact) mass is 145 g/mol. The molecule has 0 heterocycles. The van der Waals surface area contributed by atoms with Gasteiger partial charge in [0.1, 0.15) is 1.37 Å². The summed E-state index contributed by atoms with van der Waals surface area (Å²) in [5.41, 5.74) is 0. The molecule has 1 nitrogen and oxygen atoms in total. The lowest BCUT2D eigenvalue weighted by Crippen LogP contribution is -2.38. The van der Waals surface area contributed by atoms with Crippen LogP contribution in [0.25, 0.3) is 0 Å². The molecule has 0 radical (unpaired) electrons. The molecular weight excluding hydrogens is 140 g/mol. The fourth-order valence-corrected chi connectivity index (χ4v) is 0.0896. The predicted molar refractivity (Wildman–Crippen MR) is 21.6 cm³/mol. The van der Waals surface area contributed by atoms with E-state index < -0.39 is 18.1 Å². The fourth-order valence-electron chi connectivity index (χ4n) is 0.0896. The summed E-state index contributed by atoms with van der Waals surface area (Å²) in [6.07, 6.45) is -2.57. The number of halogens is 4. The molecule has 0 N–H and O–H groups in total. The van der Waals surface area contributed by atoms with Gasteiger partial charge in [-0.2, -0.15) is 17.6 Å². The van der Waals surface area contributed by atoms with E-state index in [1.165, 1.54) is 0 Å². The van der Waals surface area contributed by atoms with Gasteiger partial charge in [0, 0.05) is 6.92 Å². The number of carbonyl (C=O) groups excluding carboxylic acids is 1. The lowest BCUT2D eigenvalue weighted by Gasteiger charge is -2.15. The maximum atomic E-state index is 11.8. The molecule has 0 aromatic rings. The molecule has 0 bridgehead atoms. The van der Waals surface area contributed by atoms with Gasteiger partial charge in [-0.25, -0.2) is 0 Å². The number of hydrogen-bond donors (Lipinski definition) is 0. The average Bonchev–Trinajstić information content (AvgIpc) is 1.62. The lowest BCUT2D eigenvalue weighted by molar-refractivity contribution is -0.189. The summed E-state index contributed by atoms with van der Waals surface area (Å²) in [6, 6.07) is 0. The van der Waals surface area contributed by atoms with Crippen molar-refractivity contribution in [1.82, 2.24) is 0 Å². The van der Waals surface area contributed by atoms with Gasteiger partial charge in [-0.3, -0.25) is 4.79 Å². The Morgan fingerprint density at radius 2 is 1.78 bits per heavy atom. The van der Waals surface area contributed by atoms with Crippen molar-refractivity contribution >= 4 is 6.26 Å². The van der Waals surface area contributed by atoms with Gasteiger partial charge in [-0.15, -0.1) is 0 Å². The maximum absolute atomic E-state index is 11.8. The minimum atomic E-state index is -4.87. The van der Waals surface area contributed by atoms with E-state index >= 15 is 0 Å². The van der Waals surface area contributed by atoms with Crippen molar-refractivity contribution in [2.45, 2.75) is 18.8 Å². The summed E-state index contributed by atoms with van der Waals surface area (Å²) in [7, 11) is 0. The number of hydrogen-bond acceptors (Lipinski definition) is 1. The van der Waals surface area contributed by atoms with E-state index in [9.17, 15) is 22.4 Å². The van der Waals surface area contributed by atoms with E-state index in [2.05, 4.69) is 0 Å². The van der Waals surface area contributed by atoms with Crippen LogP contribution in [0.3, 0.4) is 0 Å². The van der Waals surface area contributed by atoms with Crippen LogP contribution in [0, 0.1) is 0 Å². The molecule has 0 aliphatic rings. The normalized spacial score (nSPS) is 15.0. The van der Waals surface area contributed by atoms with Gasteiger partial charge in [-0.1, -0.05) is 0 Å². The van der Waals surface area contributed by atoms with Crippen LogP contribution >= 0.6 is 0 Å². The molecule has 0 aliphatic heterocycles. The van der Waals surface area contributed by atoms with Gasteiger partial charge in [0.2, 0.25) is 0 Å². The highest BCUT2D eigenvalue weighted by Gasteiger charge is 2.52. The minimum Gasteiger partial charge on any atom is -0.296 e. The molecule has 0 aliphatic carbocycles. The Bertz CT molecular complexity index is 150. The first-order valence-corrected chi connectivity index (χ1v) is 1.96. The van der Waals surface area contributed by atoms with Gasteiger partial charge in [0.25, 0.3) is 0 Å². The van der Waals surface area contributed by atoms with Crippen LogP contribution in [-0.4, -0.2) is 18.1 Å². The summed E-state index contributed by atoms with van der Waals surface area (Å²) in [6.45, 7) is -0.112. The Balaban J connectivity index is 4.57. The average molecular weight is 145 g/mol. The molecule has 0 unspecified atom stereocenters. The molecule has 5 heteroatoms. The van der Waals surface area contributed by atoms with Crippen molar-refractivity contribution < 1.29 is 23.7 Å². The van der Waals surface area contributed by atoms with E-state index in [0.29, 0.717) is 0 Å². The molecule has 0 saturated heterocycles. The first-order valence-electron chi connectivity index (χ1n) is 2.46. The van der Waals surface area contributed by atoms with Crippen molar-refractivity contribution in [3.63, 3.8) is 0 Å². The molecule has 54 valence electrons. The second kappa shape index (κ2) is 1.97. The number of alkyl halides is 4. The minimum absolute atomic E-state index is 0.112. The van der Waals surface area contributed by atoms with Crippen LogP contribution < -0.4 is 0 Å². The van der Waals surface area contributed by atoms with E-state index in [0.717, 1.165) is 0 Å². The molecule has 0 rings (SSSR count). The molecule has 0 aromatic heterocycles. The van der Waals surface area contributed by atoms with Gasteiger partial charge in [0.05, 0.1) is 0 Å². The Morgan fingerprint density at radius 1 is 1.44 bits per heavy atom. The van der Waals surface area contributed by atoms with Crippen LogP contribution in [-0.2, 0) is 4.79 Å². The molecular formula is C4H4F4O. The standard InChI is InChI=1S/C4H4F4O/c1-3(5,6)4(7,8)2-9/h2H,1H3/i2D. The van der Waals surface area contributed by atoms with Crippen LogP contribution in [0.2, 0.25) is 0 Å².